The van der Waals surface area contributed by atoms with Gasteiger partial charge in [0.15, 0.2) is 11.6 Å². The lowest BCUT2D eigenvalue weighted by atomic mass is 9.93. The van der Waals surface area contributed by atoms with Crippen LogP contribution in [0.1, 0.15) is 35.8 Å². The fraction of sp³-hybridized carbons (Fsp3) is 0.240. The molecular formula is C25H25N3O4SSi. The number of sulfonamides is 1. The average Bonchev–Trinajstić information content (AvgIpc) is 3.32. The number of ketones is 1. The van der Waals surface area contributed by atoms with Crippen molar-refractivity contribution in [2.75, 3.05) is 5.32 Å². The summed E-state index contributed by atoms with van der Waals surface area (Å²) >= 11 is 0. The monoisotopic (exact) mass is 491 g/mol. The molecule has 2 aromatic carbocycles. The third kappa shape index (κ3) is 5.52. The molecule has 0 saturated carbocycles. The van der Waals surface area contributed by atoms with Crippen LogP contribution in [0.2, 0.25) is 19.6 Å². The van der Waals surface area contributed by atoms with E-state index in [4.69, 9.17) is 4.42 Å². The van der Waals surface area contributed by atoms with Gasteiger partial charge in [-0.05, 0) is 30.2 Å². The van der Waals surface area contributed by atoms with E-state index >= 15 is 0 Å². The second-order valence-electron chi connectivity index (χ2n) is 9.05. The molecule has 0 aliphatic carbocycles. The fourth-order valence-electron chi connectivity index (χ4n) is 3.54. The molecule has 0 amide bonds. The average molecular weight is 492 g/mol. The quantitative estimate of drug-likeness (QED) is 0.399. The predicted molar refractivity (Wildman–Crippen MR) is 134 cm³/mol. The smallest absolute Gasteiger partial charge is 0.286 e. The van der Waals surface area contributed by atoms with E-state index in [1.54, 1.807) is 18.3 Å². The van der Waals surface area contributed by atoms with Crippen LogP contribution in [0.3, 0.4) is 0 Å². The summed E-state index contributed by atoms with van der Waals surface area (Å²) in [5.41, 5.74) is 5.11. The number of anilines is 1. The number of rotatable bonds is 6. The van der Waals surface area contributed by atoms with Crippen LogP contribution in [-0.4, -0.2) is 33.1 Å². The van der Waals surface area contributed by atoms with Crippen molar-refractivity contribution >= 4 is 35.4 Å². The largest absolute Gasteiger partial charge is 0.448 e. The second-order valence-corrected chi connectivity index (χ2v) is 15.4. The number of hydrogen-bond acceptors (Lipinski definition) is 6. The Morgan fingerprint density at radius 2 is 1.91 bits per heavy atom. The van der Waals surface area contributed by atoms with E-state index < -0.39 is 23.9 Å². The first-order valence-electron chi connectivity index (χ1n) is 10.9. The molecule has 0 bridgehead atoms. The summed E-state index contributed by atoms with van der Waals surface area (Å²) in [5, 5.41) is 2.89. The molecule has 1 aliphatic rings. The molecular weight excluding hydrogens is 466 g/mol. The van der Waals surface area contributed by atoms with Gasteiger partial charge in [-0.15, -0.1) is 9.94 Å². The zero-order chi connectivity index (χ0) is 24.3. The maximum atomic E-state index is 13.0. The summed E-state index contributed by atoms with van der Waals surface area (Å²) in [7, 11) is -5.64. The van der Waals surface area contributed by atoms with Crippen LogP contribution in [0, 0.1) is 11.5 Å². The van der Waals surface area contributed by atoms with Crippen LogP contribution < -0.4 is 5.32 Å². The first-order chi connectivity index (χ1) is 16.1. The van der Waals surface area contributed by atoms with Gasteiger partial charge < -0.3 is 9.73 Å². The van der Waals surface area contributed by atoms with E-state index in [1.807, 2.05) is 30.3 Å². The molecule has 0 radical (unpaired) electrons. The number of carbonyl (C=O) groups excluding carboxylic acids is 1. The highest BCUT2D eigenvalue weighted by atomic mass is 32.2. The molecule has 1 aliphatic heterocycles. The molecule has 4 rings (SSSR count). The molecule has 3 aromatic rings. The highest BCUT2D eigenvalue weighted by molar-refractivity contribution is 7.90. The molecule has 2 heterocycles. The van der Waals surface area contributed by atoms with E-state index in [-0.39, 0.29) is 23.1 Å². The summed E-state index contributed by atoms with van der Waals surface area (Å²) in [4.78, 5) is 17.2. The molecule has 9 heteroatoms. The van der Waals surface area contributed by atoms with Gasteiger partial charge in [0.2, 0.25) is 5.89 Å². The van der Waals surface area contributed by atoms with Crippen LogP contribution in [0.4, 0.5) is 5.69 Å². The number of benzene rings is 2. The Hall–Kier alpha value is -3.48. The molecule has 1 atom stereocenters. The van der Waals surface area contributed by atoms with Gasteiger partial charge in [0.05, 0.1) is 17.8 Å². The van der Waals surface area contributed by atoms with E-state index in [0.717, 1.165) is 5.56 Å². The molecule has 0 fully saturated rings. The van der Waals surface area contributed by atoms with Gasteiger partial charge in [0.1, 0.15) is 19.2 Å². The molecule has 1 unspecified atom stereocenters. The Balaban J connectivity index is 1.54. The van der Waals surface area contributed by atoms with E-state index in [2.05, 4.69) is 45.8 Å². The zero-order valence-electron chi connectivity index (χ0n) is 19.2. The number of hydrogen-bond donors (Lipinski definition) is 1. The van der Waals surface area contributed by atoms with E-state index in [9.17, 15) is 13.2 Å². The SMILES string of the molecule is C[Si](C)(C)C#Cc1ccc2c(c1)S(=O)(=O)N=C(C(=O)CCC(c1ccccc1)c1ncco1)N2. The van der Waals surface area contributed by atoms with Gasteiger partial charge in [-0.3, -0.25) is 4.79 Å². The lowest BCUT2D eigenvalue weighted by Gasteiger charge is -2.18. The molecule has 1 aromatic heterocycles. The predicted octanol–water partition coefficient (Wildman–Crippen LogP) is 4.60. The fourth-order valence-corrected chi connectivity index (χ4v) is 5.21. The van der Waals surface area contributed by atoms with Crippen molar-refractivity contribution in [3.05, 3.63) is 78.0 Å². The third-order valence-electron chi connectivity index (χ3n) is 5.18. The van der Waals surface area contributed by atoms with Crippen molar-refractivity contribution in [3.8, 4) is 11.5 Å². The summed E-state index contributed by atoms with van der Waals surface area (Å²) in [6.45, 7) is 6.34. The van der Waals surface area contributed by atoms with Crippen LogP contribution in [0.25, 0.3) is 0 Å². The minimum atomic E-state index is -4.03. The van der Waals surface area contributed by atoms with Crippen molar-refractivity contribution in [2.24, 2.45) is 4.40 Å². The van der Waals surface area contributed by atoms with Gasteiger partial charge in [-0.25, -0.2) is 4.98 Å². The molecule has 7 nitrogen and oxygen atoms in total. The Kier molecular flexibility index (Phi) is 6.55. The van der Waals surface area contributed by atoms with Crippen molar-refractivity contribution in [1.29, 1.82) is 0 Å². The Morgan fingerprint density at radius 1 is 1.15 bits per heavy atom. The van der Waals surface area contributed by atoms with Crippen LogP contribution in [0.5, 0.6) is 0 Å². The minimum absolute atomic E-state index is 0.0216. The normalized spacial score (nSPS) is 15.2. The van der Waals surface area contributed by atoms with Crippen molar-refractivity contribution in [1.82, 2.24) is 4.98 Å². The number of aromatic nitrogens is 1. The third-order valence-corrected chi connectivity index (χ3v) is 7.37. The van der Waals surface area contributed by atoms with Gasteiger partial charge in [0, 0.05) is 12.0 Å². The van der Waals surface area contributed by atoms with Gasteiger partial charge in [0.25, 0.3) is 10.0 Å². The maximum absolute atomic E-state index is 13.0. The van der Waals surface area contributed by atoms with Crippen molar-refractivity contribution < 1.29 is 17.6 Å². The van der Waals surface area contributed by atoms with Crippen molar-refractivity contribution in [3.63, 3.8) is 0 Å². The number of fused-ring (bicyclic) bond motifs is 1. The molecule has 34 heavy (non-hydrogen) atoms. The van der Waals surface area contributed by atoms with Crippen LogP contribution >= 0.6 is 0 Å². The number of carbonyl (C=O) groups is 1. The Morgan fingerprint density at radius 3 is 2.59 bits per heavy atom. The standard InChI is InChI=1S/C25H25N3O4SSi/c1-34(2,3)16-13-18-9-11-21-23(17-18)33(30,31)28-24(27-21)22(29)12-10-20(25-26-14-15-32-25)19-7-5-4-6-8-19/h4-9,11,14-15,17,20H,10,12H2,1-3H3,(H,27,28). The summed E-state index contributed by atoms with van der Waals surface area (Å²) in [6, 6.07) is 14.5. The summed E-state index contributed by atoms with van der Waals surface area (Å²) in [5.74, 6) is 2.74. The molecule has 1 N–H and O–H groups in total. The topological polar surface area (TPSA) is 102 Å². The summed E-state index contributed by atoms with van der Waals surface area (Å²) < 4.78 is 34.9. The number of nitrogens with one attached hydrogen (secondary N) is 1. The van der Waals surface area contributed by atoms with E-state index in [1.165, 1.54) is 12.3 Å². The lowest BCUT2D eigenvalue weighted by molar-refractivity contribution is -0.113. The first kappa shape index (κ1) is 23.7. The number of nitrogens with zero attached hydrogens (tertiary/aromatic N) is 2. The number of Topliss-reactive ketones (excluding diaryl/α,β-unsaturated/α-hetero) is 1. The van der Waals surface area contributed by atoms with Crippen molar-refractivity contribution in [2.45, 2.75) is 43.3 Å². The molecule has 174 valence electrons. The lowest BCUT2D eigenvalue weighted by Crippen LogP contribution is -2.29. The zero-order valence-corrected chi connectivity index (χ0v) is 21.0. The minimum Gasteiger partial charge on any atom is -0.448 e. The number of amidine groups is 1. The number of oxazole rings is 1. The molecule has 0 saturated heterocycles. The Labute approximate surface area is 200 Å². The second kappa shape index (κ2) is 9.41. The molecule has 0 spiro atoms. The van der Waals surface area contributed by atoms with Crippen LogP contribution in [-0.2, 0) is 14.8 Å². The van der Waals surface area contributed by atoms with E-state index in [0.29, 0.717) is 23.6 Å². The maximum Gasteiger partial charge on any atom is 0.286 e. The first-order valence-corrected chi connectivity index (χ1v) is 15.8. The highest BCUT2D eigenvalue weighted by Gasteiger charge is 2.29. The highest BCUT2D eigenvalue weighted by Crippen LogP contribution is 2.31. The Bertz CT molecular complexity index is 1400. The van der Waals surface area contributed by atoms with Crippen LogP contribution in [0.15, 0.2) is 74.7 Å². The van der Waals surface area contributed by atoms with Gasteiger partial charge >= 0.3 is 0 Å². The summed E-state index contributed by atoms with van der Waals surface area (Å²) in [6.07, 6.45) is 3.51. The van der Waals surface area contributed by atoms with Gasteiger partial charge in [-0.2, -0.15) is 8.42 Å². The van der Waals surface area contributed by atoms with Gasteiger partial charge in [-0.1, -0.05) is 55.9 Å².